The fraction of sp³-hybridized carbons (Fsp3) is 0.185. The molecule has 4 rings (SSSR count). The number of hydrogen-bond acceptors (Lipinski definition) is 3. The summed E-state index contributed by atoms with van der Waals surface area (Å²) < 4.78 is 15.0. The van der Waals surface area contributed by atoms with E-state index in [1.165, 1.54) is 6.07 Å². The monoisotopic (exact) mass is 461 g/mol. The van der Waals surface area contributed by atoms with Crippen molar-refractivity contribution in [1.82, 2.24) is 10.6 Å². The van der Waals surface area contributed by atoms with Gasteiger partial charge in [0.2, 0.25) is 0 Å². The predicted octanol–water partition coefficient (Wildman–Crippen LogP) is 4.93. The van der Waals surface area contributed by atoms with E-state index in [9.17, 15) is 9.18 Å². The van der Waals surface area contributed by atoms with Crippen molar-refractivity contribution in [1.29, 1.82) is 0 Å². The summed E-state index contributed by atoms with van der Waals surface area (Å²) in [4.78, 5) is 17.8. The van der Waals surface area contributed by atoms with Crippen molar-refractivity contribution in [3.05, 3.63) is 112 Å². The molecule has 0 unspecified atom stereocenters. The van der Waals surface area contributed by atoms with E-state index in [0.29, 0.717) is 30.2 Å². The molecule has 1 heterocycles. The van der Waals surface area contributed by atoms with Gasteiger partial charge in [0.05, 0.1) is 17.8 Å². The number of carbonyl (C=O) groups excluding carboxylic acids is 1. The Balaban J connectivity index is 1.58. The van der Waals surface area contributed by atoms with Gasteiger partial charge in [0.1, 0.15) is 5.82 Å². The third-order valence-electron chi connectivity index (χ3n) is 5.57. The van der Waals surface area contributed by atoms with Crippen molar-refractivity contribution < 1.29 is 9.18 Å². The molecule has 0 fully saturated rings. The lowest BCUT2D eigenvalue weighted by Crippen LogP contribution is -2.43. The van der Waals surface area contributed by atoms with Crippen LogP contribution in [-0.2, 0) is 6.42 Å². The summed E-state index contributed by atoms with van der Waals surface area (Å²) in [5.74, 6) is -0.792. The Labute approximate surface area is 198 Å². The van der Waals surface area contributed by atoms with Crippen molar-refractivity contribution in [2.45, 2.75) is 12.5 Å². The van der Waals surface area contributed by atoms with Crippen molar-refractivity contribution >= 4 is 28.8 Å². The molecule has 3 aromatic rings. The zero-order chi connectivity index (χ0) is 23.2. The number of benzene rings is 3. The molecule has 6 heteroatoms. The fourth-order valence-electron chi connectivity index (χ4n) is 3.97. The molecule has 33 heavy (non-hydrogen) atoms. The first kappa shape index (κ1) is 22.9. The highest BCUT2D eigenvalue weighted by Gasteiger charge is 2.23. The maximum Gasteiger partial charge on any atom is 0.252 e. The second kappa shape index (κ2) is 10.6. The van der Waals surface area contributed by atoms with Gasteiger partial charge in [-0.1, -0.05) is 60.1 Å². The minimum atomic E-state index is -0.469. The number of aliphatic imine (C=N–C) groups is 1. The quantitative estimate of drug-likeness (QED) is 0.500. The van der Waals surface area contributed by atoms with E-state index in [0.717, 1.165) is 16.7 Å². The van der Waals surface area contributed by atoms with E-state index in [1.807, 2.05) is 67.7 Å². The summed E-state index contributed by atoms with van der Waals surface area (Å²) in [6.45, 7) is 1.01. The first-order valence-corrected chi connectivity index (χ1v) is 11.2. The number of nitrogens with zero attached hydrogens (tertiary/aromatic N) is 1. The van der Waals surface area contributed by atoms with E-state index in [2.05, 4.69) is 15.6 Å². The highest BCUT2D eigenvalue weighted by Crippen LogP contribution is 2.26. The van der Waals surface area contributed by atoms with Crippen LogP contribution in [0.2, 0.25) is 5.02 Å². The topological polar surface area (TPSA) is 53.5 Å². The van der Waals surface area contributed by atoms with Gasteiger partial charge in [0, 0.05) is 23.2 Å². The zero-order valence-corrected chi connectivity index (χ0v) is 19.1. The summed E-state index contributed by atoms with van der Waals surface area (Å²) in [6, 6.07) is 21.8. The Hall–Kier alpha value is -3.28. The molecule has 1 aliphatic heterocycles. The maximum atomic E-state index is 15.0. The molecule has 1 amide bonds. The molecule has 0 aromatic heterocycles. The number of hydrogen-bond donors (Lipinski definition) is 2. The van der Waals surface area contributed by atoms with Crippen molar-refractivity contribution in [2.75, 3.05) is 20.1 Å². The highest BCUT2D eigenvalue weighted by molar-refractivity contribution is 6.30. The van der Waals surface area contributed by atoms with Crippen LogP contribution in [0.5, 0.6) is 0 Å². The van der Waals surface area contributed by atoms with Gasteiger partial charge in [-0.3, -0.25) is 9.79 Å². The van der Waals surface area contributed by atoms with E-state index in [4.69, 9.17) is 11.6 Å². The lowest BCUT2D eigenvalue weighted by Gasteiger charge is -2.20. The maximum absolute atomic E-state index is 15.0. The Morgan fingerprint density at radius 2 is 1.82 bits per heavy atom. The second-order valence-electron chi connectivity index (χ2n) is 7.96. The largest absolute Gasteiger partial charge is 0.348 e. The summed E-state index contributed by atoms with van der Waals surface area (Å²) in [5.41, 5.74) is 4.01. The molecule has 0 radical (unpaired) electrons. The van der Waals surface area contributed by atoms with Crippen LogP contribution in [0.3, 0.4) is 0 Å². The van der Waals surface area contributed by atoms with Crippen LogP contribution in [0.4, 0.5) is 4.39 Å². The zero-order valence-electron chi connectivity index (χ0n) is 18.3. The SMILES string of the molecule is CNC[C@@H](Cc1ccccc1)NC(=O)c1cccc(F)c1C1=NCC(c2ccc(Cl)cc2)=C1. The molecule has 3 aromatic carbocycles. The number of halogens is 2. The molecule has 168 valence electrons. The Morgan fingerprint density at radius 1 is 1.06 bits per heavy atom. The molecule has 0 saturated carbocycles. The first-order chi connectivity index (χ1) is 16.0. The number of carbonyl (C=O) groups is 1. The van der Waals surface area contributed by atoms with Crippen LogP contribution in [0.15, 0.2) is 83.9 Å². The summed E-state index contributed by atoms with van der Waals surface area (Å²) in [5, 5.41) is 6.84. The van der Waals surface area contributed by atoms with Crippen LogP contribution in [0.1, 0.15) is 27.0 Å². The smallest absolute Gasteiger partial charge is 0.252 e. The fourth-order valence-corrected chi connectivity index (χ4v) is 4.10. The molecular weight excluding hydrogens is 437 g/mol. The molecule has 1 atom stereocenters. The van der Waals surface area contributed by atoms with Gasteiger partial charge in [-0.2, -0.15) is 0 Å². The number of allylic oxidation sites excluding steroid dienone is 1. The van der Waals surface area contributed by atoms with E-state index >= 15 is 0 Å². The average Bonchev–Trinajstić information content (AvgIpc) is 3.30. The van der Waals surface area contributed by atoms with Gasteiger partial charge in [-0.15, -0.1) is 0 Å². The van der Waals surface area contributed by atoms with Crippen LogP contribution >= 0.6 is 11.6 Å². The molecule has 0 spiro atoms. The van der Waals surface area contributed by atoms with Crippen molar-refractivity contribution in [3.8, 4) is 0 Å². The predicted molar refractivity (Wildman–Crippen MR) is 133 cm³/mol. The minimum absolute atomic E-state index is 0.147. The molecule has 0 saturated heterocycles. The summed E-state index contributed by atoms with van der Waals surface area (Å²) in [6.07, 6.45) is 2.51. The van der Waals surface area contributed by atoms with Gasteiger partial charge in [-0.05, 0) is 60.5 Å². The molecule has 0 aliphatic carbocycles. The molecular formula is C27H25ClFN3O. The average molecular weight is 462 g/mol. The van der Waals surface area contributed by atoms with E-state index in [1.54, 1.807) is 12.1 Å². The third-order valence-corrected chi connectivity index (χ3v) is 5.82. The van der Waals surface area contributed by atoms with Crippen molar-refractivity contribution in [3.63, 3.8) is 0 Å². The third kappa shape index (κ3) is 5.56. The van der Waals surface area contributed by atoms with Crippen LogP contribution in [0, 0.1) is 5.82 Å². The number of amides is 1. The number of nitrogens with one attached hydrogen (secondary N) is 2. The Morgan fingerprint density at radius 3 is 2.55 bits per heavy atom. The lowest BCUT2D eigenvalue weighted by molar-refractivity contribution is 0.0936. The standard InChI is InChI=1S/C27H25ClFN3O/c1-30-17-22(14-18-6-3-2-4-7-18)32-27(33)23-8-5-9-24(29)26(23)25-15-20(16-31-25)19-10-12-21(28)13-11-19/h2-13,15,22,30H,14,16-17H2,1H3,(H,32,33)/t22-/m1/s1. The van der Waals surface area contributed by atoms with Gasteiger partial charge < -0.3 is 10.6 Å². The van der Waals surface area contributed by atoms with Gasteiger partial charge in [0.25, 0.3) is 5.91 Å². The number of rotatable bonds is 8. The summed E-state index contributed by atoms with van der Waals surface area (Å²) in [7, 11) is 1.84. The van der Waals surface area contributed by atoms with Crippen LogP contribution < -0.4 is 10.6 Å². The molecule has 0 bridgehead atoms. The summed E-state index contributed by atoms with van der Waals surface area (Å²) >= 11 is 5.99. The van der Waals surface area contributed by atoms with E-state index in [-0.39, 0.29) is 23.1 Å². The van der Waals surface area contributed by atoms with Gasteiger partial charge in [-0.25, -0.2) is 4.39 Å². The van der Waals surface area contributed by atoms with Gasteiger partial charge >= 0.3 is 0 Å². The number of likely N-dealkylation sites (N-methyl/N-ethyl adjacent to an activating group) is 1. The van der Waals surface area contributed by atoms with E-state index < -0.39 is 5.82 Å². The molecule has 4 nitrogen and oxygen atoms in total. The lowest BCUT2D eigenvalue weighted by atomic mass is 9.98. The molecule has 1 aliphatic rings. The van der Waals surface area contributed by atoms with Crippen LogP contribution in [0.25, 0.3) is 5.57 Å². The van der Waals surface area contributed by atoms with Crippen molar-refractivity contribution in [2.24, 2.45) is 4.99 Å². The molecule has 2 N–H and O–H groups in total. The highest BCUT2D eigenvalue weighted by atomic mass is 35.5. The minimum Gasteiger partial charge on any atom is -0.348 e. The first-order valence-electron chi connectivity index (χ1n) is 10.8. The normalized spacial score (nSPS) is 13.9. The second-order valence-corrected chi connectivity index (χ2v) is 8.39. The van der Waals surface area contributed by atoms with Crippen LogP contribution in [-0.4, -0.2) is 37.8 Å². The Kier molecular flexibility index (Phi) is 7.33. The Bertz CT molecular complexity index is 1190. The van der Waals surface area contributed by atoms with Gasteiger partial charge in [0.15, 0.2) is 0 Å².